The summed E-state index contributed by atoms with van der Waals surface area (Å²) in [5.74, 6) is -1.31. The molecule has 1 unspecified atom stereocenters. The molecule has 0 amide bonds. The summed E-state index contributed by atoms with van der Waals surface area (Å²) in [5.41, 5.74) is -0.494. The SMILES string of the molecule is CC(CN(C)C)Nc1cccc(C(=O)O)c1[N+](=O)[O-]. The Hall–Kier alpha value is -2.15. The molecular formula is C12H17N3O4. The number of anilines is 1. The zero-order valence-electron chi connectivity index (χ0n) is 11.1. The lowest BCUT2D eigenvalue weighted by Crippen LogP contribution is -2.30. The number of carboxylic acids is 1. The predicted octanol–water partition coefficient (Wildman–Crippen LogP) is 1.66. The molecule has 0 bridgehead atoms. The largest absolute Gasteiger partial charge is 0.477 e. The fraction of sp³-hybridized carbons (Fsp3) is 0.417. The first-order chi connectivity index (χ1) is 8.82. The van der Waals surface area contributed by atoms with E-state index in [1.165, 1.54) is 18.2 Å². The number of nitrogens with one attached hydrogen (secondary N) is 1. The van der Waals surface area contributed by atoms with Gasteiger partial charge in [0.05, 0.1) is 4.92 Å². The fourth-order valence-electron chi connectivity index (χ4n) is 1.89. The molecule has 1 rings (SSSR count). The summed E-state index contributed by atoms with van der Waals surface area (Å²) in [4.78, 5) is 23.3. The van der Waals surface area contributed by atoms with E-state index in [4.69, 9.17) is 5.11 Å². The van der Waals surface area contributed by atoms with Crippen LogP contribution < -0.4 is 5.32 Å². The highest BCUT2D eigenvalue weighted by Gasteiger charge is 2.24. The average Bonchev–Trinajstić information content (AvgIpc) is 2.26. The third-order valence-electron chi connectivity index (χ3n) is 2.49. The van der Waals surface area contributed by atoms with Gasteiger partial charge in [0.25, 0.3) is 0 Å². The Bertz CT molecular complexity index is 488. The van der Waals surface area contributed by atoms with Crippen LogP contribution in [0.15, 0.2) is 18.2 Å². The fourth-order valence-corrected chi connectivity index (χ4v) is 1.89. The van der Waals surface area contributed by atoms with Gasteiger partial charge in [0.1, 0.15) is 11.3 Å². The van der Waals surface area contributed by atoms with Crippen molar-refractivity contribution in [3.63, 3.8) is 0 Å². The Kier molecular flexibility index (Phi) is 4.82. The number of rotatable bonds is 6. The summed E-state index contributed by atoms with van der Waals surface area (Å²) in [6, 6.07) is 4.18. The minimum atomic E-state index is -1.31. The van der Waals surface area contributed by atoms with Gasteiger partial charge in [-0.25, -0.2) is 4.79 Å². The van der Waals surface area contributed by atoms with Crippen molar-refractivity contribution in [1.29, 1.82) is 0 Å². The van der Waals surface area contributed by atoms with Crippen LogP contribution in [0.2, 0.25) is 0 Å². The van der Waals surface area contributed by atoms with Gasteiger partial charge < -0.3 is 15.3 Å². The highest BCUT2D eigenvalue weighted by Crippen LogP contribution is 2.29. The molecular weight excluding hydrogens is 250 g/mol. The van der Waals surface area contributed by atoms with Crippen molar-refractivity contribution in [2.24, 2.45) is 0 Å². The Labute approximate surface area is 111 Å². The first kappa shape index (κ1) is 14.9. The van der Waals surface area contributed by atoms with Gasteiger partial charge >= 0.3 is 11.7 Å². The van der Waals surface area contributed by atoms with E-state index < -0.39 is 16.6 Å². The molecule has 7 heteroatoms. The number of benzene rings is 1. The second-order valence-corrected chi connectivity index (χ2v) is 4.57. The zero-order chi connectivity index (χ0) is 14.6. The van der Waals surface area contributed by atoms with Gasteiger partial charge in [0.15, 0.2) is 0 Å². The number of nitro benzene ring substituents is 1. The van der Waals surface area contributed by atoms with Crippen molar-refractivity contribution in [2.45, 2.75) is 13.0 Å². The topological polar surface area (TPSA) is 95.7 Å². The predicted molar refractivity (Wildman–Crippen MR) is 71.7 cm³/mol. The van der Waals surface area contributed by atoms with E-state index in [9.17, 15) is 14.9 Å². The molecule has 7 nitrogen and oxygen atoms in total. The number of hydrogen-bond donors (Lipinski definition) is 2. The number of nitro groups is 1. The summed E-state index contributed by atoms with van der Waals surface area (Å²) in [5, 5.41) is 23.0. The van der Waals surface area contributed by atoms with E-state index in [1.54, 1.807) is 0 Å². The molecule has 0 aliphatic heterocycles. The lowest BCUT2D eigenvalue weighted by atomic mass is 10.1. The lowest BCUT2D eigenvalue weighted by Gasteiger charge is -2.19. The molecule has 19 heavy (non-hydrogen) atoms. The third-order valence-corrected chi connectivity index (χ3v) is 2.49. The van der Waals surface area contributed by atoms with Crippen LogP contribution in [0.4, 0.5) is 11.4 Å². The van der Waals surface area contributed by atoms with Crippen LogP contribution in [0.3, 0.4) is 0 Å². The number of carbonyl (C=O) groups is 1. The average molecular weight is 267 g/mol. The number of carboxylic acid groups (broad SMARTS) is 1. The van der Waals surface area contributed by atoms with Gasteiger partial charge in [0.2, 0.25) is 0 Å². The van der Waals surface area contributed by atoms with Crippen molar-refractivity contribution in [3.05, 3.63) is 33.9 Å². The Morgan fingerprint density at radius 3 is 2.63 bits per heavy atom. The van der Waals surface area contributed by atoms with Gasteiger partial charge in [-0.1, -0.05) is 6.07 Å². The molecule has 1 aromatic rings. The summed E-state index contributed by atoms with van der Waals surface area (Å²) < 4.78 is 0. The maximum atomic E-state index is 11.0. The van der Waals surface area contributed by atoms with E-state index in [1.807, 2.05) is 25.9 Å². The smallest absolute Gasteiger partial charge is 0.342 e. The molecule has 0 spiro atoms. The van der Waals surface area contributed by atoms with Crippen LogP contribution in [0.5, 0.6) is 0 Å². The molecule has 0 fully saturated rings. The standard InChI is InChI=1S/C12H17N3O4/c1-8(7-14(2)3)13-10-6-4-5-9(12(16)17)11(10)15(18)19/h4-6,8,13H,7H2,1-3H3,(H,16,17). The summed E-state index contributed by atoms with van der Waals surface area (Å²) in [7, 11) is 3.78. The van der Waals surface area contributed by atoms with Crippen LogP contribution >= 0.6 is 0 Å². The molecule has 1 atom stereocenters. The van der Waals surface area contributed by atoms with Gasteiger partial charge in [-0.15, -0.1) is 0 Å². The number of nitrogens with zero attached hydrogens (tertiary/aromatic N) is 2. The van der Waals surface area contributed by atoms with Crippen molar-refractivity contribution < 1.29 is 14.8 Å². The molecule has 0 radical (unpaired) electrons. The molecule has 0 saturated heterocycles. The Morgan fingerprint density at radius 1 is 1.53 bits per heavy atom. The van der Waals surface area contributed by atoms with Gasteiger partial charge in [0, 0.05) is 12.6 Å². The monoisotopic (exact) mass is 267 g/mol. The molecule has 0 aromatic heterocycles. The van der Waals surface area contributed by atoms with Crippen LogP contribution in [0.1, 0.15) is 17.3 Å². The molecule has 104 valence electrons. The van der Waals surface area contributed by atoms with E-state index in [-0.39, 0.29) is 17.3 Å². The van der Waals surface area contributed by atoms with Crippen LogP contribution in [0, 0.1) is 10.1 Å². The molecule has 1 aromatic carbocycles. The highest BCUT2D eigenvalue weighted by molar-refractivity contribution is 5.95. The molecule has 2 N–H and O–H groups in total. The lowest BCUT2D eigenvalue weighted by molar-refractivity contribution is -0.384. The first-order valence-corrected chi connectivity index (χ1v) is 5.75. The van der Waals surface area contributed by atoms with Gasteiger partial charge in [-0.3, -0.25) is 10.1 Å². The van der Waals surface area contributed by atoms with Crippen LogP contribution in [-0.2, 0) is 0 Å². The molecule has 0 aliphatic rings. The molecule has 0 saturated carbocycles. The molecule has 0 aliphatic carbocycles. The van der Waals surface area contributed by atoms with Gasteiger partial charge in [-0.2, -0.15) is 0 Å². The van der Waals surface area contributed by atoms with Crippen molar-refractivity contribution in [2.75, 3.05) is 26.0 Å². The molecule has 0 heterocycles. The van der Waals surface area contributed by atoms with Crippen molar-refractivity contribution >= 4 is 17.3 Å². The zero-order valence-corrected chi connectivity index (χ0v) is 11.1. The van der Waals surface area contributed by atoms with Crippen LogP contribution in [-0.4, -0.2) is 47.6 Å². The quantitative estimate of drug-likeness (QED) is 0.601. The minimum Gasteiger partial charge on any atom is -0.477 e. The number of aromatic carboxylic acids is 1. The first-order valence-electron chi connectivity index (χ1n) is 5.75. The second kappa shape index (κ2) is 6.14. The third kappa shape index (κ3) is 3.92. The van der Waals surface area contributed by atoms with E-state index in [2.05, 4.69) is 5.32 Å². The van der Waals surface area contributed by atoms with E-state index in [0.29, 0.717) is 6.54 Å². The number of likely N-dealkylation sites (N-methyl/N-ethyl adjacent to an activating group) is 1. The maximum absolute atomic E-state index is 11.0. The normalized spacial score (nSPS) is 12.2. The Morgan fingerprint density at radius 2 is 2.16 bits per heavy atom. The summed E-state index contributed by atoms with van der Waals surface area (Å²) in [6.07, 6.45) is 0. The number of hydrogen-bond acceptors (Lipinski definition) is 5. The maximum Gasteiger partial charge on any atom is 0.342 e. The van der Waals surface area contributed by atoms with Crippen molar-refractivity contribution in [1.82, 2.24) is 4.90 Å². The highest BCUT2D eigenvalue weighted by atomic mass is 16.6. The second-order valence-electron chi connectivity index (χ2n) is 4.57. The van der Waals surface area contributed by atoms with Crippen LogP contribution in [0.25, 0.3) is 0 Å². The summed E-state index contributed by atoms with van der Waals surface area (Å²) in [6.45, 7) is 2.55. The van der Waals surface area contributed by atoms with E-state index in [0.717, 1.165) is 0 Å². The van der Waals surface area contributed by atoms with Gasteiger partial charge in [-0.05, 0) is 33.2 Å². The van der Waals surface area contributed by atoms with E-state index >= 15 is 0 Å². The number of para-hydroxylation sites is 1. The minimum absolute atomic E-state index is 0.0438. The Balaban J connectivity index is 3.10. The van der Waals surface area contributed by atoms with Crippen molar-refractivity contribution in [3.8, 4) is 0 Å². The summed E-state index contributed by atoms with van der Waals surface area (Å²) >= 11 is 0.